The number of amides is 3. The van der Waals surface area contributed by atoms with Crippen molar-refractivity contribution in [2.24, 2.45) is 0 Å². The van der Waals surface area contributed by atoms with E-state index in [9.17, 15) is 14.4 Å². The van der Waals surface area contributed by atoms with Crippen LogP contribution in [0, 0.1) is 0 Å². The summed E-state index contributed by atoms with van der Waals surface area (Å²) in [5.74, 6) is -0.943. The molecule has 1 rings (SSSR count). The van der Waals surface area contributed by atoms with Gasteiger partial charge in [0, 0.05) is 13.6 Å². The first-order chi connectivity index (χ1) is 9.93. The maximum absolute atomic E-state index is 11.9. The van der Waals surface area contributed by atoms with E-state index in [4.69, 9.17) is 4.42 Å². The van der Waals surface area contributed by atoms with E-state index in [1.807, 2.05) is 6.92 Å². The van der Waals surface area contributed by atoms with Gasteiger partial charge in [0.15, 0.2) is 10.4 Å². The van der Waals surface area contributed by atoms with E-state index in [1.165, 1.54) is 18.0 Å². The van der Waals surface area contributed by atoms with Crippen molar-refractivity contribution in [2.45, 2.75) is 13.3 Å². The van der Waals surface area contributed by atoms with E-state index in [2.05, 4.69) is 26.6 Å². The lowest BCUT2D eigenvalue weighted by Crippen LogP contribution is -2.42. The van der Waals surface area contributed by atoms with Crippen LogP contribution in [0.25, 0.3) is 0 Å². The van der Waals surface area contributed by atoms with Crippen LogP contribution in [0.5, 0.6) is 0 Å². The number of hydrogen-bond acceptors (Lipinski definition) is 4. The van der Waals surface area contributed by atoms with Crippen LogP contribution < -0.4 is 10.6 Å². The summed E-state index contributed by atoms with van der Waals surface area (Å²) in [4.78, 5) is 36.1. The molecule has 0 bridgehead atoms. The molecular formula is C13H18BrN3O4. The Morgan fingerprint density at radius 3 is 2.52 bits per heavy atom. The molecule has 0 saturated heterocycles. The van der Waals surface area contributed by atoms with Crippen molar-refractivity contribution in [3.63, 3.8) is 0 Å². The van der Waals surface area contributed by atoms with Crippen LogP contribution in [0.4, 0.5) is 0 Å². The number of hydrogen-bond donors (Lipinski definition) is 2. The average Bonchev–Trinajstić information content (AvgIpc) is 2.88. The van der Waals surface area contributed by atoms with Crippen molar-refractivity contribution in [3.05, 3.63) is 22.6 Å². The summed E-state index contributed by atoms with van der Waals surface area (Å²) >= 11 is 3.10. The molecule has 0 atom stereocenters. The molecule has 0 radical (unpaired) electrons. The van der Waals surface area contributed by atoms with E-state index in [0.717, 1.165) is 6.42 Å². The number of carbonyl (C=O) groups excluding carboxylic acids is 3. The Balaban J connectivity index is 2.36. The minimum absolute atomic E-state index is 0.104. The maximum atomic E-state index is 11.9. The Morgan fingerprint density at radius 1 is 1.24 bits per heavy atom. The molecule has 0 aliphatic heterocycles. The smallest absolute Gasteiger partial charge is 0.289 e. The highest BCUT2D eigenvalue weighted by Gasteiger charge is 2.18. The van der Waals surface area contributed by atoms with Gasteiger partial charge in [0.05, 0.1) is 13.1 Å². The van der Waals surface area contributed by atoms with Gasteiger partial charge in [-0.2, -0.15) is 0 Å². The number of nitrogens with zero attached hydrogens (tertiary/aromatic N) is 1. The van der Waals surface area contributed by atoms with Gasteiger partial charge >= 0.3 is 0 Å². The van der Waals surface area contributed by atoms with Crippen LogP contribution in [-0.4, -0.2) is 49.3 Å². The molecule has 7 nitrogen and oxygen atoms in total. The average molecular weight is 360 g/mol. The summed E-state index contributed by atoms with van der Waals surface area (Å²) < 4.78 is 5.56. The lowest BCUT2D eigenvalue weighted by Gasteiger charge is -2.15. The van der Waals surface area contributed by atoms with Crippen LogP contribution in [0.15, 0.2) is 21.2 Å². The number of nitrogens with one attached hydrogen (secondary N) is 2. The normalized spacial score (nSPS) is 10.0. The van der Waals surface area contributed by atoms with E-state index in [0.29, 0.717) is 11.2 Å². The van der Waals surface area contributed by atoms with E-state index >= 15 is 0 Å². The number of likely N-dealkylation sites (N-methyl/N-ethyl adjacent to an activating group) is 1. The topological polar surface area (TPSA) is 91.7 Å². The third-order valence-corrected chi connectivity index (χ3v) is 2.96. The lowest BCUT2D eigenvalue weighted by atomic mass is 10.4. The fourth-order valence-electron chi connectivity index (χ4n) is 1.47. The fraction of sp³-hybridized carbons (Fsp3) is 0.462. The fourth-order valence-corrected chi connectivity index (χ4v) is 1.77. The molecular weight excluding hydrogens is 342 g/mol. The minimum atomic E-state index is -0.414. The SMILES string of the molecule is CCCNC(=O)CNC(=O)CN(C)C(=O)c1ccc(Br)o1. The zero-order valence-corrected chi connectivity index (χ0v) is 13.5. The summed E-state index contributed by atoms with van der Waals surface area (Å²) in [7, 11) is 1.48. The Kier molecular flexibility index (Phi) is 6.93. The molecule has 1 heterocycles. The molecule has 1 aromatic heterocycles. The van der Waals surface area contributed by atoms with E-state index < -0.39 is 11.8 Å². The maximum Gasteiger partial charge on any atom is 0.289 e. The second kappa shape index (κ2) is 8.46. The van der Waals surface area contributed by atoms with Crippen molar-refractivity contribution < 1.29 is 18.8 Å². The van der Waals surface area contributed by atoms with Crippen molar-refractivity contribution in [2.75, 3.05) is 26.7 Å². The highest BCUT2D eigenvalue weighted by atomic mass is 79.9. The number of rotatable bonds is 7. The Labute approximate surface area is 131 Å². The second-order valence-corrected chi connectivity index (χ2v) is 5.17. The summed E-state index contributed by atoms with van der Waals surface area (Å²) in [6.45, 7) is 2.25. The molecule has 116 valence electrons. The van der Waals surface area contributed by atoms with Gasteiger partial charge in [-0.25, -0.2) is 0 Å². The van der Waals surface area contributed by atoms with Crippen LogP contribution in [-0.2, 0) is 9.59 Å². The van der Waals surface area contributed by atoms with E-state index in [-0.39, 0.29) is 24.8 Å². The molecule has 0 aliphatic rings. The van der Waals surface area contributed by atoms with E-state index in [1.54, 1.807) is 6.07 Å². The van der Waals surface area contributed by atoms with Gasteiger partial charge in [-0.05, 0) is 34.5 Å². The van der Waals surface area contributed by atoms with Gasteiger partial charge in [0.1, 0.15) is 0 Å². The summed E-state index contributed by atoms with van der Waals surface area (Å²) in [5, 5.41) is 5.09. The standard InChI is InChI=1S/C13H18BrN3O4/c1-3-6-15-11(18)7-16-12(19)8-17(2)13(20)9-4-5-10(14)21-9/h4-5H,3,6-8H2,1-2H3,(H,15,18)(H,16,19). The van der Waals surface area contributed by atoms with Crippen LogP contribution in [0.3, 0.4) is 0 Å². The molecule has 21 heavy (non-hydrogen) atoms. The molecule has 0 unspecified atom stereocenters. The zero-order chi connectivity index (χ0) is 15.8. The van der Waals surface area contributed by atoms with Crippen molar-refractivity contribution >= 4 is 33.7 Å². The number of halogens is 1. The van der Waals surface area contributed by atoms with Crippen LogP contribution in [0.2, 0.25) is 0 Å². The predicted molar refractivity (Wildman–Crippen MR) is 79.7 cm³/mol. The molecule has 0 aromatic carbocycles. The highest BCUT2D eigenvalue weighted by Crippen LogP contribution is 2.15. The highest BCUT2D eigenvalue weighted by molar-refractivity contribution is 9.10. The van der Waals surface area contributed by atoms with Gasteiger partial charge < -0.3 is 20.0 Å². The van der Waals surface area contributed by atoms with Gasteiger partial charge in [-0.3, -0.25) is 14.4 Å². The Bertz CT molecular complexity index is 515. The third kappa shape index (κ3) is 5.99. The first kappa shape index (κ1) is 17.2. The summed E-state index contributed by atoms with van der Waals surface area (Å²) in [5.41, 5.74) is 0. The molecule has 0 fully saturated rings. The van der Waals surface area contributed by atoms with Gasteiger partial charge in [-0.15, -0.1) is 0 Å². The van der Waals surface area contributed by atoms with Gasteiger partial charge in [-0.1, -0.05) is 6.92 Å². The second-order valence-electron chi connectivity index (χ2n) is 4.39. The zero-order valence-electron chi connectivity index (χ0n) is 11.9. The quantitative estimate of drug-likeness (QED) is 0.751. The van der Waals surface area contributed by atoms with Crippen molar-refractivity contribution in [1.29, 1.82) is 0 Å². The van der Waals surface area contributed by atoms with Crippen molar-refractivity contribution in [3.8, 4) is 0 Å². The summed E-state index contributed by atoms with van der Waals surface area (Å²) in [6, 6.07) is 3.11. The first-order valence-electron chi connectivity index (χ1n) is 6.48. The van der Waals surface area contributed by atoms with Crippen molar-refractivity contribution in [1.82, 2.24) is 15.5 Å². The van der Waals surface area contributed by atoms with Crippen LogP contribution in [0.1, 0.15) is 23.9 Å². The number of furan rings is 1. The Hall–Kier alpha value is -1.83. The molecule has 0 saturated carbocycles. The molecule has 0 aliphatic carbocycles. The monoisotopic (exact) mass is 359 g/mol. The third-order valence-electron chi connectivity index (χ3n) is 2.53. The molecule has 3 amide bonds. The number of carbonyl (C=O) groups is 3. The Morgan fingerprint density at radius 2 is 1.95 bits per heavy atom. The summed E-state index contributed by atoms with van der Waals surface area (Å²) in [6.07, 6.45) is 0.829. The first-order valence-corrected chi connectivity index (χ1v) is 7.27. The minimum Gasteiger partial charge on any atom is -0.444 e. The van der Waals surface area contributed by atoms with Gasteiger partial charge in [0.2, 0.25) is 11.8 Å². The van der Waals surface area contributed by atoms with Gasteiger partial charge in [0.25, 0.3) is 5.91 Å². The molecule has 2 N–H and O–H groups in total. The van der Waals surface area contributed by atoms with Crippen LogP contribution >= 0.6 is 15.9 Å². The predicted octanol–water partition coefficient (Wildman–Crippen LogP) is 0.756. The lowest BCUT2D eigenvalue weighted by molar-refractivity contribution is -0.126. The molecule has 8 heteroatoms. The molecule has 1 aromatic rings. The molecule has 0 spiro atoms. The largest absolute Gasteiger partial charge is 0.444 e.